The predicted octanol–water partition coefficient (Wildman–Crippen LogP) is 3.44. The highest BCUT2D eigenvalue weighted by Crippen LogP contribution is 2.28. The molecular formula is C24H36N4O4S. The molecule has 0 radical (unpaired) electrons. The lowest BCUT2D eigenvalue weighted by Gasteiger charge is -2.34. The number of hydrogen-bond acceptors (Lipinski definition) is 6. The van der Waals surface area contributed by atoms with E-state index in [-0.39, 0.29) is 18.2 Å². The Morgan fingerprint density at radius 3 is 2.30 bits per heavy atom. The molecule has 0 aromatic heterocycles. The maximum absolute atomic E-state index is 13.5. The van der Waals surface area contributed by atoms with Crippen LogP contribution < -0.4 is 10.6 Å². The molecule has 0 heterocycles. The van der Waals surface area contributed by atoms with Crippen LogP contribution in [0.4, 0.5) is 4.79 Å². The molecule has 0 spiro atoms. The van der Waals surface area contributed by atoms with Crippen LogP contribution in [0.25, 0.3) is 0 Å². The average molecular weight is 477 g/mol. The van der Waals surface area contributed by atoms with Gasteiger partial charge in [0.2, 0.25) is 11.8 Å². The highest BCUT2D eigenvalue weighted by Gasteiger charge is 2.37. The number of aryl methyl sites for hydroxylation is 2. The molecule has 2 N–H and O–H groups in total. The van der Waals surface area contributed by atoms with E-state index in [0.717, 1.165) is 24.0 Å². The van der Waals surface area contributed by atoms with Crippen molar-refractivity contribution in [2.75, 3.05) is 18.8 Å². The molecule has 2 atom stereocenters. The van der Waals surface area contributed by atoms with Crippen molar-refractivity contribution in [1.29, 1.82) is 5.26 Å². The highest BCUT2D eigenvalue weighted by molar-refractivity contribution is 7.80. The molecule has 0 saturated heterocycles. The van der Waals surface area contributed by atoms with Gasteiger partial charge in [0, 0.05) is 12.3 Å². The number of nitrogens with zero attached hydrogens (tertiary/aromatic N) is 2. The van der Waals surface area contributed by atoms with Crippen molar-refractivity contribution >= 4 is 30.5 Å². The molecule has 8 nitrogen and oxygen atoms in total. The van der Waals surface area contributed by atoms with Crippen molar-refractivity contribution < 1.29 is 19.1 Å². The number of benzene rings is 1. The molecule has 1 rings (SSSR count). The normalized spacial score (nSPS) is 12.8. The lowest BCUT2D eigenvalue weighted by molar-refractivity contribution is -0.141. The SMILES string of the molecule is CCCCNC(=O)C(c1c(C)cccc1C)N(CC#N)C(=O)C(CS)NC(=O)OC(C)(C)C. The Balaban J connectivity index is 3.39. The third-order valence-electron chi connectivity index (χ3n) is 4.90. The summed E-state index contributed by atoms with van der Waals surface area (Å²) in [4.78, 5) is 40.3. The number of nitrogens with one attached hydrogen (secondary N) is 2. The summed E-state index contributed by atoms with van der Waals surface area (Å²) in [5, 5.41) is 14.9. The summed E-state index contributed by atoms with van der Waals surface area (Å²) in [7, 11) is 0. The minimum Gasteiger partial charge on any atom is -0.444 e. The second-order valence-corrected chi connectivity index (χ2v) is 9.22. The van der Waals surface area contributed by atoms with E-state index in [9.17, 15) is 19.6 Å². The quantitative estimate of drug-likeness (QED) is 0.272. The fourth-order valence-electron chi connectivity index (χ4n) is 3.38. The van der Waals surface area contributed by atoms with Gasteiger partial charge in [0.15, 0.2) is 0 Å². The van der Waals surface area contributed by atoms with Crippen LogP contribution in [0.15, 0.2) is 18.2 Å². The molecule has 1 aromatic rings. The van der Waals surface area contributed by atoms with Crippen molar-refractivity contribution in [2.45, 2.75) is 72.1 Å². The summed E-state index contributed by atoms with van der Waals surface area (Å²) in [5.74, 6) is -0.993. The number of unbranched alkanes of at least 4 members (excludes halogenated alkanes) is 1. The van der Waals surface area contributed by atoms with E-state index in [0.29, 0.717) is 12.1 Å². The fraction of sp³-hybridized carbons (Fsp3) is 0.583. The Hall–Kier alpha value is -2.73. The number of amides is 3. The number of carbonyl (C=O) groups excluding carboxylic acids is 3. The van der Waals surface area contributed by atoms with Crippen LogP contribution in [-0.2, 0) is 14.3 Å². The molecule has 0 bridgehead atoms. The zero-order chi connectivity index (χ0) is 25.2. The smallest absolute Gasteiger partial charge is 0.408 e. The first-order chi connectivity index (χ1) is 15.5. The van der Waals surface area contributed by atoms with Gasteiger partial charge < -0.3 is 20.3 Å². The van der Waals surface area contributed by atoms with Crippen molar-refractivity contribution in [2.24, 2.45) is 0 Å². The second kappa shape index (κ2) is 13.1. The van der Waals surface area contributed by atoms with Crippen LogP contribution >= 0.6 is 12.6 Å². The summed E-state index contributed by atoms with van der Waals surface area (Å²) in [6.07, 6.45) is 0.913. The summed E-state index contributed by atoms with van der Waals surface area (Å²) in [6.45, 7) is 11.0. The molecule has 0 aliphatic heterocycles. The minimum absolute atomic E-state index is 0.0308. The van der Waals surface area contributed by atoms with E-state index in [1.807, 2.05) is 45.0 Å². The zero-order valence-electron chi connectivity index (χ0n) is 20.4. The number of nitriles is 1. The van der Waals surface area contributed by atoms with Crippen LogP contribution in [0, 0.1) is 25.2 Å². The summed E-state index contributed by atoms with van der Waals surface area (Å²) < 4.78 is 5.26. The Morgan fingerprint density at radius 1 is 1.21 bits per heavy atom. The van der Waals surface area contributed by atoms with Crippen molar-refractivity contribution in [1.82, 2.24) is 15.5 Å². The second-order valence-electron chi connectivity index (χ2n) is 8.86. The molecular weight excluding hydrogens is 440 g/mol. The standard InChI is InChI=1S/C24H36N4O4S/c1-7-8-13-26-21(29)20(19-16(2)10-9-11-17(19)3)28(14-12-25)22(30)18(15-33)27-23(31)32-24(4,5)6/h9-11,18,20,33H,7-8,13-15H2,1-6H3,(H,26,29)(H,27,31). The molecule has 0 saturated carbocycles. The Kier molecular flexibility index (Phi) is 11.2. The van der Waals surface area contributed by atoms with Gasteiger partial charge in [-0.25, -0.2) is 4.79 Å². The topological polar surface area (TPSA) is 112 Å². The molecule has 3 amide bonds. The van der Waals surface area contributed by atoms with Crippen LogP contribution in [0.2, 0.25) is 0 Å². The third kappa shape index (κ3) is 8.61. The van der Waals surface area contributed by atoms with Crippen LogP contribution in [0.3, 0.4) is 0 Å². The fourth-order valence-corrected chi connectivity index (χ4v) is 3.63. The van der Waals surface area contributed by atoms with Gasteiger partial charge >= 0.3 is 6.09 Å². The van der Waals surface area contributed by atoms with Gasteiger partial charge in [-0.05, 0) is 57.7 Å². The van der Waals surface area contributed by atoms with Crippen molar-refractivity contribution in [3.63, 3.8) is 0 Å². The Morgan fingerprint density at radius 2 is 1.82 bits per heavy atom. The minimum atomic E-state index is -1.08. The van der Waals surface area contributed by atoms with E-state index in [1.165, 1.54) is 4.90 Å². The first-order valence-electron chi connectivity index (χ1n) is 11.1. The first-order valence-corrected chi connectivity index (χ1v) is 11.7. The van der Waals surface area contributed by atoms with Gasteiger partial charge in [0.05, 0.1) is 6.07 Å². The third-order valence-corrected chi connectivity index (χ3v) is 5.27. The molecule has 2 unspecified atom stereocenters. The molecule has 0 fully saturated rings. The number of thiol groups is 1. The van der Waals surface area contributed by atoms with Crippen LogP contribution in [0.1, 0.15) is 63.3 Å². The van der Waals surface area contributed by atoms with E-state index in [2.05, 4.69) is 23.3 Å². The van der Waals surface area contributed by atoms with E-state index in [4.69, 9.17) is 4.74 Å². The molecule has 9 heteroatoms. The Labute approximate surface area is 202 Å². The number of alkyl carbamates (subject to hydrolysis) is 1. The van der Waals surface area contributed by atoms with Gasteiger partial charge in [0.25, 0.3) is 0 Å². The van der Waals surface area contributed by atoms with Gasteiger partial charge in [-0.15, -0.1) is 0 Å². The monoisotopic (exact) mass is 476 g/mol. The lowest BCUT2D eigenvalue weighted by atomic mass is 9.93. The van der Waals surface area contributed by atoms with Crippen LogP contribution in [-0.4, -0.2) is 53.3 Å². The molecule has 182 valence electrons. The first kappa shape index (κ1) is 28.3. The van der Waals surface area contributed by atoms with Gasteiger partial charge in [-0.3, -0.25) is 9.59 Å². The lowest BCUT2D eigenvalue weighted by Crippen LogP contribution is -2.54. The molecule has 33 heavy (non-hydrogen) atoms. The van der Waals surface area contributed by atoms with Gasteiger partial charge in [-0.1, -0.05) is 31.5 Å². The number of ether oxygens (including phenoxy) is 1. The van der Waals surface area contributed by atoms with Crippen molar-refractivity contribution in [3.05, 3.63) is 34.9 Å². The molecule has 0 aliphatic rings. The average Bonchev–Trinajstić information content (AvgIpc) is 2.72. The summed E-state index contributed by atoms with van der Waals surface area (Å²) in [5.41, 5.74) is 1.55. The number of hydrogen-bond donors (Lipinski definition) is 3. The summed E-state index contributed by atoms with van der Waals surface area (Å²) >= 11 is 4.22. The van der Waals surface area contributed by atoms with Crippen LogP contribution in [0.5, 0.6) is 0 Å². The molecule has 0 aliphatic carbocycles. The maximum atomic E-state index is 13.5. The van der Waals surface area contributed by atoms with E-state index in [1.54, 1.807) is 20.8 Å². The summed E-state index contributed by atoms with van der Waals surface area (Å²) in [6, 6.07) is 5.47. The highest BCUT2D eigenvalue weighted by atomic mass is 32.1. The molecule has 1 aromatic carbocycles. The number of carbonyl (C=O) groups is 3. The van der Waals surface area contributed by atoms with Crippen molar-refractivity contribution in [3.8, 4) is 6.07 Å². The van der Waals surface area contributed by atoms with E-state index < -0.39 is 29.7 Å². The number of rotatable bonds is 10. The predicted molar refractivity (Wildman–Crippen MR) is 131 cm³/mol. The van der Waals surface area contributed by atoms with Gasteiger partial charge in [-0.2, -0.15) is 17.9 Å². The largest absolute Gasteiger partial charge is 0.444 e. The van der Waals surface area contributed by atoms with Gasteiger partial charge in [0.1, 0.15) is 24.2 Å². The maximum Gasteiger partial charge on any atom is 0.408 e. The zero-order valence-corrected chi connectivity index (χ0v) is 21.3. The van der Waals surface area contributed by atoms with E-state index >= 15 is 0 Å². The Bertz CT molecular complexity index is 856.